The minimum atomic E-state index is -3.24. The number of para-hydroxylation sites is 1. The molecule has 31 heavy (non-hydrogen) atoms. The molecule has 1 aromatic heterocycles. The minimum absolute atomic E-state index is 0.000161. The quantitative estimate of drug-likeness (QED) is 0.482. The van der Waals surface area contributed by atoms with Crippen LogP contribution in [-0.2, 0) is 22.2 Å². The van der Waals surface area contributed by atoms with E-state index >= 15 is 0 Å². The summed E-state index contributed by atoms with van der Waals surface area (Å²) in [5.41, 5.74) is 2.74. The first-order valence-corrected chi connectivity index (χ1v) is 11.8. The molecule has 7 nitrogen and oxygen atoms in total. The van der Waals surface area contributed by atoms with E-state index in [2.05, 4.69) is 10.5 Å². The molecule has 0 fully saturated rings. The fourth-order valence-corrected chi connectivity index (χ4v) is 4.56. The zero-order valence-corrected chi connectivity index (χ0v) is 18.4. The third-order valence-electron chi connectivity index (χ3n) is 4.83. The molecule has 8 heteroatoms. The summed E-state index contributed by atoms with van der Waals surface area (Å²) in [5, 5.41) is 6.68. The zero-order valence-electron chi connectivity index (χ0n) is 17.6. The Morgan fingerprint density at radius 3 is 2.48 bits per heavy atom. The summed E-state index contributed by atoms with van der Waals surface area (Å²) in [6.45, 7) is 4.14. The summed E-state index contributed by atoms with van der Waals surface area (Å²) in [7, 11) is -3.24. The molecule has 0 aliphatic rings. The SMILES string of the molecule is Cc1noc(C)c1COc1ccccc1C(=O)NCCCS(=O)(=O)Cc1ccccc1. The number of sulfone groups is 1. The smallest absolute Gasteiger partial charge is 0.255 e. The molecule has 1 amide bonds. The molecule has 164 valence electrons. The van der Waals surface area contributed by atoms with Gasteiger partial charge in [0, 0.05) is 6.54 Å². The Morgan fingerprint density at radius 1 is 1.06 bits per heavy atom. The molecule has 3 rings (SSSR count). The summed E-state index contributed by atoms with van der Waals surface area (Å²) in [4.78, 5) is 12.6. The molecular formula is C23H26N2O5S. The van der Waals surface area contributed by atoms with E-state index in [1.807, 2.05) is 32.0 Å². The van der Waals surface area contributed by atoms with E-state index in [1.54, 1.807) is 36.4 Å². The lowest BCUT2D eigenvalue weighted by Crippen LogP contribution is -2.26. The van der Waals surface area contributed by atoms with E-state index in [4.69, 9.17) is 9.26 Å². The molecule has 0 aliphatic heterocycles. The number of carbonyl (C=O) groups excluding carboxylic acids is 1. The first-order valence-electron chi connectivity index (χ1n) is 10.0. The number of rotatable bonds is 10. The second-order valence-electron chi connectivity index (χ2n) is 7.27. The van der Waals surface area contributed by atoms with Crippen molar-refractivity contribution in [2.75, 3.05) is 12.3 Å². The highest BCUT2D eigenvalue weighted by Crippen LogP contribution is 2.21. The highest BCUT2D eigenvalue weighted by atomic mass is 32.2. The number of hydrogen-bond acceptors (Lipinski definition) is 6. The highest BCUT2D eigenvalue weighted by molar-refractivity contribution is 7.90. The van der Waals surface area contributed by atoms with Gasteiger partial charge in [0.05, 0.1) is 28.3 Å². The first kappa shape index (κ1) is 22.6. The molecule has 0 aliphatic carbocycles. The number of aryl methyl sites for hydroxylation is 2. The Balaban J connectivity index is 1.51. The molecule has 0 atom stereocenters. The van der Waals surface area contributed by atoms with Gasteiger partial charge in [-0.05, 0) is 38.0 Å². The van der Waals surface area contributed by atoms with Crippen LogP contribution < -0.4 is 10.1 Å². The lowest BCUT2D eigenvalue weighted by atomic mass is 10.2. The van der Waals surface area contributed by atoms with Gasteiger partial charge in [-0.1, -0.05) is 47.6 Å². The second-order valence-corrected chi connectivity index (χ2v) is 9.46. The lowest BCUT2D eigenvalue weighted by Gasteiger charge is -2.12. The van der Waals surface area contributed by atoms with Gasteiger partial charge >= 0.3 is 0 Å². The van der Waals surface area contributed by atoms with Crippen LogP contribution in [0.3, 0.4) is 0 Å². The molecular weight excluding hydrogens is 416 g/mol. The predicted molar refractivity (Wildman–Crippen MR) is 118 cm³/mol. The van der Waals surface area contributed by atoms with E-state index in [0.717, 1.165) is 16.8 Å². The molecule has 1 N–H and O–H groups in total. The fraction of sp³-hybridized carbons (Fsp3) is 0.304. The molecule has 0 unspecified atom stereocenters. The Morgan fingerprint density at radius 2 is 1.77 bits per heavy atom. The Kier molecular flexibility index (Phi) is 7.46. The maximum absolute atomic E-state index is 12.6. The van der Waals surface area contributed by atoms with Crippen LogP contribution in [0.25, 0.3) is 0 Å². The number of hydrogen-bond donors (Lipinski definition) is 1. The van der Waals surface area contributed by atoms with Crippen LogP contribution in [0, 0.1) is 13.8 Å². The maximum Gasteiger partial charge on any atom is 0.255 e. The van der Waals surface area contributed by atoms with Crippen LogP contribution in [-0.4, -0.2) is 31.8 Å². The van der Waals surface area contributed by atoms with E-state index in [9.17, 15) is 13.2 Å². The van der Waals surface area contributed by atoms with Crippen molar-refractivity contribution in [2.45, 2.75) is 32.6 Å². The van der Waals surface area contributed by atoms with E-state index in [0.29, 0.717) is 23.5 Å². The molecule has 2 aromatic carbocycles. The third-order valence-corrected chi connectivity index (χ3v) is 6.52. The molecule has 0 saturated heterocycles. The monoisotopic (exact) mass is 442 g/mol. The summed E-state index contributed by atoms with van der Waals surface area (Å²) < 4.78 is 35.5. The predicted octanol–water partition coefficient (Wildman–Crippen LogP) is 3.61. The van der Waals surface area contributed by atoms with Crippen molar-refractivity contribution in [3.8, 4) is 5.75 Å². The average Bonchev–Trinajstić information content (AvgIpc) is 3.07. The van der Waals surface area contributed by atoms with Gasteiger partial charge < -0.3 is 14.6 Å². The van der Waals surface area contributed by atoms with Gasteiger partial charge in [0.1, 0.15) is 18.1 Å². The van der Waals surface area contributed by atoms with Gasteiger partial charge in [-0.25, -0.2) is 8.42 Å². The lowest BCUT2D eigenvalue weighted by molar-refractivity contribution is 0.0949. The zero-order chi connectivity index (χ0) is 22.3. The van der Waals surface area contributed by atoms with Gasteiger partial charge in [-0.2, -0.15) is 0 Å². The molecule has 0 radical (unpaired) electrons. The summed E-state index contributed by atoms with van der Waals surface area (Å²) in [6.07, 6.45) is 0.336. The van der Waals surface area contributed by atoms with Gasteiger partial charge in [0.15, 0.2) is 9.84 Å². The Labute approximate surface area is 182 Å². The van der Waals surface area contributed by atoms with Gasteiger partial charge in [-0.15, -0.1) is 0 Å². The van der Waals surface area contributed by atoms with Crippen molar-refractivity contribution in [2.24, 2.45) is 0 Å². The fourth-order valence-electron chi connectivity index (χ4n) is 3.13. The van der Waals surface area contributed by atoms with Crippen molar-refractivity contribution < 1.29 is 22.5 Å². The van der Waals surface area contributed by atoms with E-state index < -0.39 is 9.84 Å². The summed E-state index contributed by atoms with van der Waals surface area (Å²) in [5.74, 6) is 0.814. The average molecular weight is 443 g/mol. The number of aromatic nitrogens is 1. The largest absolute Gasteiger partial charge is 0.488 e. The third kappa shape index (κ3) is 6.42. The number of carbonyl (C=O) groups is 1. The highest BCUT2D eigenvalue weighted by Gasteiger charge is 2.16. The first-order chi connectivity index (χ1) is 14.9. The normalized spacial score (nSPS) is 11.3. The van der Waals surface area contributed by atoms with Gasteiger partial charge in [0.25, 0.3) is 5.91 Å². The minimum Gasteiger partial charge on any atom is -0.488 e. The standard InChI is InChI=1S/C23H26N2O5S/c1-17-21(18(2)30-25-17)15-29-22-12-7-6-11-20(22)23(26)24-13-8-14-31(27,28)16-19-9-4-3-5-10-19/h3-7,9-12H,8,13-16H2,1-2H3,(H,24,26). The van der Waals surface area contributed by atoms with Crippen LogP contribution in [0.1, 0.15) is 39.4 Å². The number of benzene rings is 2. The maximum atomic E-state index is 12.6. The van der Waals surface area contributed by atoms with Crippen LogP contribution >= 0.6 is 0 Å². The van der Waals surface area contributed by atoms with E-state index in [1.165, 1.54) is 0 Å². The second kappa shape index (κ2) is 10.3. The van der Waals surface area contributed by atoms with Crippen LogP contribution in [0.2, 0.25) is 0 Å². The topological polar surface area (TPSA) is 98.5 Å². The molecule has 0 bridgehead atoms. The van der Waals surface area contributed by atoms with Crippen LogP contribution in [0.5, 0.6) is 5.75 Å². The molecule has 0 spiro atoms. The number of nitrogens with zero attached hydrogens (tertiary/aromatic N) is 1. The number of amides is 1. The Bertz CT molecular complexity index is 1100. The van der Waals surface area contributed by atoms with Crippen LogP contribution in [0.4, 0.5) is 0 Å². The van der Waals surface area contributed by atoms with Crippen molar-refractivity contribution >= 4 is 15.7 Å². The number of nitrogens with one attached hydrogen (secondary N) is 1. The van der Waals surface area contributed by atoms with Crippen molar-refractivity contribution in [1.82, 2.24) is 10.5 Å². The molecule has 1 heterocycles. The summed E-state index contributed by atoms with van der Waals surface area (Å²) >= 11 is 0. The number of ether oxygens (including phenoxy) is 1. The molecule has 0 saturated carbocycles. The van der Waals surface area contributed by atoms with Gasteiger partial charge in [0.2, 0.25) is 0 Å². The van der Waals surface area contributed by atoms with Crippen LogP contribution in [0.15, 0.2) is 59.1 Å². The Hall–Kier alpha value is -3.13. The van der Waals surface area contributed by atoms with E-state index in [-0.39, 0.29) is 30.6 Å². The molecule has 3 aromatic rings. The summed E-state index contributed by atoms with van der Waals surface area (Å²) in [6, 6.07) is 16.0. The van der Waals surface area contributed by atoms with Crippen molar-refractivity contribution in [3.05, 3.63) is 82.7 Å². The van der Waals surface area contributed by atoms with Gasteiger partial charge in [-0.3, -0.25) is 4.79 Å². The van der Waals surface area contributed by atoms with Crippen molar-refractivity contribution in [3.63, 3.8) is 0 Å². The van der Waals surface area contributed by atoms with Crippen molar-refractivity contribution in [1.29, 1.82) is 0 Å².